The molecule has 0 spiro atoms. The Bertz CT molecular complexity index is 1060. The van der Waals surface area contributed by atoms with Crippen LogP contribution < -0.4 is 5.32 Å². The van der Waals surface area contributed by atoms with E-state index in [4.69, 9.17) is 11.6 Å². The van der Waals surface area contributed by atoms with E-state index >= 15 is 0 Å². The molecule has 1 heterocycles. The van der Waals surface area contributed by atoms with Gasteiger partial charge in [0.2, 0.25) is 15.9 Å². The molecule has 2 aromatic rings. The SMILES string of the molecule is Cc1ccc(C)c(S(=O)(=O)N2CCN(C(=O)CCNC(=O)c3ccc(Cl)cc3)CC2)c1. The number of halogens is 1. The van der Waals surface area contributed by atoms with Crippen LogP contribution >= 0.6 is 11.6 Å². The van der Waals surface area contributed by atoms with Gasteiger partial charge in [0, 0.05) is 49.7 Å². The molecule has 0 atom stereocenters. The summed E-state index contributed by atoms with van der Waals surface area (Å²) >= 11 is 5.81. The van der Waals surface area contributed by atoms with Crippen LogP contribution in [0, 0.1) is 13.8 Å². The number of hydrogen-bond donors (Lipinski definition) is 1. The average molecular weight is 464 g/mol. The molecule has 7 nitrogen and oxygen atoms in total. The molecule has 0 aromatic heterocycles. The van der Waals surface area contributed by atoms with Crippen molar-refractivity contribution in [3.63, 3.8) is 0 Å². The molecule has 1 aliphatic heterocycles. The number of rotatable bonds is 6. The van der Waals surface area contributed by atoms with Gasteiger partial charge in [0.05, 0.1) is 4.90 Å². The molecule has 0 saturated carbocycles. The molecule has 2 aromatic carbocycles. The van der Waals surface area contributed by atoms with Crippen LogP contribution in [0.4, 0.5) is 0 Å². The van der Waals surface area contributed by atoms with Crippen molar-refractivity contribution < 1.29 is 18.0 Å². The average Bonchev–Trinajstić information content (AvgIpc) is 2.75. The maximum atomic E-state index is 13.0. The first-order valence-electron chi connectivity index (χ1n) is 10.1. The second-order valence-electron chi connectivity index (χ2n) is 7.57. The summed E-state index contributed by atoms with van der Waals surface area (Å²) in [5.74, 6) is -0.380. The lowest BCUT2D eigenvalue weighted by molar-refractivity contribution is -0.132. The normalized spacial score (nSPS) is 15.0. The highest BCUT2D eigenvalue weighted by atomic mass is 35.5. The molecule has 166 valence electrons. The van der Waals surface area contributed by atoms with Crippen LogP contribution in [0.2, 0.25) is 5.02 Å². The molecule has 0 aliphatic carbocycles. The van der Waals surface area contributed by atoms with E-state index in [1.807, 2.05) is 13.0 Å². The predicted octanol–water partition coefficient (Wildman–Crippen LogP) is 2.61. The molecule has 31 heavy (non-hydrogen) atoms. The minimum Gasteiger partial charge on any atom is -0.352 e. The van der Waals surface area contributed by atoms with E-state index in [9.17, 15) is 18.0 Å². The van der Waals surface area contributed by atoms with Crippen molar-refractivity contribution in [2.24, 2.45) is 0 Å². The summed E-state index contributed by atoms with van der Waals surface area (Å²) in [5.41, 5.74) is 2.07. The Labute approximate surface area is 188 Å². The van der Waals surface area contributed by atoms with Crippen LogP contribution in [-0.4, -0.2) is 62.2 Å². The van der Waals surface area contributed by atoms with Gasteiger partial charge in [-0.25, -0.2) is 8.42 Å². The number of benzene rings is 2. The Hall–Kier alpha value is -2.42. The fourth-order valence-corrected chi connectivity index (χ4v) is 5.30. The maximum Gasteiger partial charge on any atom is 0.251 e. The molecule has 0 unspecified atom stereocenters. The second-order valence-corrected chi connectivity index (χ2v) is 9.91. The Morgan fingerprint density at radius 3 is 2.29 bits per heavy atom. The van der Waals surface area contributed by atoms with E-state index in [2.05, 4.69) is 5.32 Å². The third-order valence-corrected chi connectivity index (χ3v) is 7.58. The van der Waals surface area contributed by atoms with Gasteiger partial charge in [0.1, 0.15) is 0 Å². The van der Waals surface area contributed by atoms with Crippen LogP contribution in [0.3, 0.4) is 0 Å². The van der Waals surface area contributed by atoms with Crippen LogP contribution in [0.1, 0.15) is 27.9 Å². The topological polar surface area (TPSA) is 86.8 Å². The monoisotopic (exact) mass is 463 g/mol. The first-order chi connectivity index (χ1) is 14.7. The van der Waals surface area contributed by atoms with Crippen molar-refractivity contribution in [1.29, 1.82) is 0 Å². The lowest BCUT2D eigenvalue weighted by Crippen LogP contribution is -2.51. The predicted molar refractivity (Wildman–Crippen MR) is 120 cm³/mol. The fraction of sp³-hybridized carbons (Fsp3) is 0.364. The Morgan fingerprint density at radius 2 is 1.65 bits per heavy atom. The van der Waals surface area contributed by atoms with Crippen LogP contribution in [-0.2, 0) is 14.8 Å². The molecule has 1 saturated heterocycles. The number of nitrogens with zero attached hydrogens (tertiary/aromatic N) is 2. The third-order valence-electron chi connectivity index (χ3n) is 5.28. The van der Waals surface area contributed by atoms with Crippen molar-refractivity contribution in [3.05, 3.63) is 64.2 Å². The zero-order valence-electron chi connectivity index (χ0n) is 17.6. The van der Waals surface area contributed by atoms with Gasteiger partial charge in [-0.2, -0.15) is 4.31 Å². The Morgan fingerprint density at radius 1 is 1.00 bits per heavy atom. The van der Waals surface area contributed by atoms with Crippen molar-refractivity contribution >= 4 is 33.4 Å². The fourth-order valence-electron chi connectivity index (χ4n) is 3.45. The second kappa shape index (κ2) is 9.80. The van der Waals surface area contributed by atoms with Crippen LogP contribution in [0.15, 0.2) is 47.4 Å². The van der Waals surface area contributed by atoms with Crippen molar-refractivity contribution in [2.75, 3.05) is 32.7 Å². The highest BCUT2D eigenvalue weighted by molar-refractivity contribution is 7.89. The molecule has 1 fully saturated rings. The minimum atomic E-state index is -3.60. The molecule has 3 rings (SSSR count). The quantitative estimate of drug-likeness (QED) is 0.713. The van der Waals surface area contributed by atoms with E-state index in [1.54, 1.807) is 48.2 Å². The lowest BCUT2D eigenvalue weighted by atomic mass is 10.2. The summed E-state index contributed by atoms with van der Waals surface area (Å²) in [5, 5.41) is 3.27. The highest BCUT2D eigenvalue weighted by Gasteiger charge is 2.31. The third kappa shape index (κ3) is 5.64. The van der Waals surface area contributed by atoms with Gasteiger partial charge in [0.25, 0.3) is 5.91 Å². The smallest absolute Gasteiger partial charge is 0.251 e. The molecule has 1 aliphatic rings. The summed E-state index contributed by atoms with van der Waals surface area (Å²) in [6.45, 7) is 5.01. The van der Waals surface area contributed by atoms with Gasteiger partial charge < -0.3 is 10.2 Å². The molecule has 1 N–H and O–H groups in total. The van der Waals surface area contributed by atoms with Gasteiger partial charge in [-0.05, 0) is 55.3 Å². The van der Waals surface area contributed by atoms with E-state index in [-0.39, 0.29) is 37.9 Å². The number of amides is 2. The Kier molecular flexibility index (Phi) is 7.35. The largest absolute Gasteiger partial charge is 0.352 e. The summed E-state index contributed by atoms with van der Waals surface area (Å²) in [4.78, 5) is 26.5. The van der Waals surface area contributed by atoms with Gasteiger partial charge in [0.15, 0.2) is 0 Å². The van der Waals surface area contributed by atoms with Gasteiger partial charge in [-0.1, -0.05) is 23.7 Å². The number of nitrogens with one attached hydrogen (secondary N) is 1. The van der Waals surface area contributed by atoms with E-state index in [1.165, 1.54) is 4.31 Å². The molecule has 2 amide bonds. The number of piperazine rings is 1. The molecule has 9 heteroatoms. The standard InChI is InChI=1S/C22H26ClN3O4S/c1-16-3-4-17(2)20(15-16)31(29,30)26-13-11-25(12-14-26)21(27)9-10-24-22(28)18-5-7-19(23)8-6-18/h3-8,15H,9-14H2,1-2H3,(H,24,28). The Balaban J connectivity index is 1.50. The molecular formula is C22H26ClN3O4S. The first kappa shape index (κ1) is 23.2. The van der Waals surface area contributed by atoms with Crippen molar-refractivity contribution in [2.45, 2.75) is 25.2 Å². The number of hydrogen-bond acceptors (Lipinski definition) is 4. The summed E-state index contributed by atoms with van der Waals surface area (Å²) in [6.07, 6.45) is 0.156. The van der Waals surface area contributed by atoms with Gasteiger partial charge in [-0.15, -0.1) is 0 Å². The van der Waals surface area contributed by atoms with Crippen molar-refractivity contribution in [3.8, 4) is 0 Å². The summed E-state index contributed by atoms with van der Waals surface area (Å²) < 4.78 is 27.4. The lowest BCUT2D eigenvalue weighted by Gasteiger charge is -2.34. The zero-order chi connectivity index (χ0) is 22.6. The van der Waals surface area contributed by atoms with Crippen LogP contribution in [0.25, 0.3) is 0 Å². The molecule has 0 bridgehead atoms. The molecular weight excluding hydrogens is 438 g/mol. The number of carbonyl (C=O) groups excluding carboxylic acids is 2. The van der Waals surface area contributed by atoms with E-state index in [0.29, 0.717) is 34.1 Å². The first-order valence-corrected chi connectivity index (χ1v) is 11.9. The van der Waals surface area contributed by atoms with Crippen molar-refractivity contribution in [1.82, 2.24) is 14.5 Å². The van der Waals surface area contributed by atoms with E-state index < -0.39 is 10.0 Å². The number of aryl methyl sites for hydroxylation is 2. The highest BCUT2D eigenvalue weighted by Crippen LogP contribution is 2.22. The summed E-state index contributed by atoms with van der Waals surface area (Å²) in [7, 11) is -3.60. The van der Waals surface area contributed by atoms with Gasteiger partial charge in [-0.3, -0.25) is 9.59 Å². The number of carbonyl (C=O) groups is 2. The zero-order valence-corrected chi connectivity index (χ0v) is 19.2. The maximum absolute atomic E-state index is 13.0. The van der Waals surface area contributed by atoms with Gasteiger partial charge >= 0.3 is 0 Å². The van der Waals surface area contributed by atoms with E-state index in [0.717, 1.165) is 5.56 Å². The molecule has 0 radical (unpaired) electrons. The minimum absolute atomic E-state index is 0.111. The summed E-state index contributed by atoms with van der Waals surface area (Å²) in [6, 6.07) is 11.9. The van der Waals surface area contributed by atoms with Crippen LogP contribution in [0.5, 0.6) is 0 Å². The number of sulfonamides is 1.